The number of thiophene rings is 2. The molecule has 0 saturated carbocycles. The van der Waals surface area contributed by atoms with E-state index in [1.54, 1.807) is 12.1 Å². The van der Waals surface area contributed by atoms with Crippen LogP contribution in [0.3, 0.4) is 0 Å². The molecule has 8 heteroatoms. The Morgan fingerprint density at radius 3 is 2.57 bits per heavy atom. The van der Waals surface area contributed by atoms with Gasteiger partial charge >= 0.3 is 0 Å². The van der Waals surface area contributed by atoms with E-state index >= 15 is 0 Å². The van der Waals surface area contributed by atoms with Gasteiger partial charge in [-0.1, -0.05) is 18.5 Å². The summed E-state index contributed by atoms with van der Waals surface area (Å²) in [5, 5.41) is 3.22. The summed E-state index contributed by atoms with van der Waals surface area (Å²) in [6, 6.07) is 7.12. The molecule has 4 nitrogen and oxygen atoms in total. The minimum atomic E-state index is -3.45. The van der Waals surface area contributed by atoms with Gasteiger partial charge in [-0.15, -0.1) is 22.7 Å². The maximum Gasteiger partial charge on any atom is 0.250 e. The molecule has 0 radical (unpaired) electrons. The van der Waals surface area contributed by atoms with E-state index < -0.39 is 10.0 Å². The van der Waals surface area contributed by atoms with Crippen molar-refractivity contribution in [3.8, 4) is 0 Å². The van der Waals surface area contributed by atoms with Gasteiger partial charge in [0.15, 0.2) is 0 Å². The van der Waals surface area contributed by atoms with Crippen molar-refractivity contribution in [2.75, 3.05) is 13.1 Å². The summed E-state index contributed by atoms with van der Waals surface area (Å²) in [4.78, 5) is 1.96. The Bertz CT molecular complexity index is 679. The third-order valence-corrected chi connectivity index (χ3v) is 7.03. The Hall–Kier alpha value is -0.440. The normalized spacial score (nSPS) is 11.9. The van der Waals surface area contributed by atoms with Gasteiger partial charge in [0.05, 0.1) is 4.34 Å². The SMILES string of the molecule is CCNCCc1ccc(S(=O)(=O)NCc2ccc(Cl)s2)s1. The average molecular weight is 365 g/mol. The van der Waals surface area contributed by atoms with Crippen LogP contribution in [0.4, 0.5) is 0 Å². The van der Waals surface area contributed by atoms with Crippen LogP contribution in [0, 0.1) is 0 Å². The number of hydrogen-bond donors (Lipinski definition) is 2. The first-order chi connectivity index (χ1) is 10.0. The highest BCUT2D eigenvalue weighted by molar-refractivity contribution is 7.91. The average Bonchev–Trinajstić information content (AvgIpc) is 3.06. The van der Waals surface area contributed by atoms with Gasteiger partial charge in [-0.3, -0.25) is 0 Å². The van der Waals surface area contributed by atoms with Gasteiger partial charge in [0.25, 0.3) is 0 Å². The minimum Gasteiger partial charge on any atom is -0.317 e. The Morgan fingerprint density at radius 1 is 1.14 bits per heavy atom. The first-order valence-corrected chi connectivity index (χ1v) is 10.0. The van der Waals surface area contributed by atoms with Crippen LogP contribution in [-0.2, 0) is 23.0 Å². The zero-order valence-electron chi connectivity index (χ0n) is 11.6. The second-order valence-electron chi connectivity index (χ2n) is 4.35. The fourth-order valence-corrected chi connectivity index (χ4v) is 5.23. The molecule has 116 valence electrons. The van der Waals surface area contributed by atoms with Gasteiger partial charge in [0, 0.05) is 16.3 Å². The van der Waals surface area contributed by atoms with Crippen LogP contribution in [0.1, 0.15) is 16.7 Å². The highest BCUT2D eigenvalue weighted by atomic mass is 35.5. The van der Waals surface area contributed by atoms with Gasteiger partial charge in [-0.25, -0.2) is 13.1 Å². The number of nitrogens with one attached hydrogen (secondary N) is 2. The van der Waals surface area contributed by atoms with Gasteiger partial charge in [0.1, 0.15) is 4.21 Å². The van der Waals surface area contributed by atoms with Gasteiger partial charge < -0.3 is 5.32 Å². The molecule has 0 atom stereocenters. The molecule has 2 N–H and O–H groups in total. The number of halogens is 1. The zero-order valence-corrected chi connectivity index (χ0v) is 14.8. The van der Waals surface area contributed by atoms with E-state index in [0.29, 0.717) is 8.55 Å². The molecule has 0 bridgehead atoms. The van der Waals surface area contributed by atoms with Crippen LogP contribution in [0.15, 0.2) is 28.5 Å². The monoisotopic (exact) mass is 364 g/mol. The van der Waals surface area contributed by atoms with E-state index in [2.05, 4.69) is 10.0 Å². The molecule has 0 saturated heterocycles. The highest BCUT2D eigenvalue weighted by Gasteiger charge is 2.16. The standard InChI is InChI=1S/C13H17ClN2O2S3/c1-2-15-8-7-10-4-6-13(20-10)21(17,18)16-9-11-3-5-12(14)19-11/h3-6,15-16H,2,7-9H2,1H3. The van der Waals surface area contributed by atoms with Crippen molar-refractivity contribution in [1.29, 1.82) is 0 Å². The van der Waals surface area contributed by atoms with Crippen LogP contribution in [0.2, 0.25) is 4.34 Å². The topological polar surface area (TPSA) is 58.2 Å². The van der Waals surface area contributed by atoms with Crippen LogP contribution in [0.25, 0.3) is 0 Å². The van der Waals surface area contributed by atoms with E-state index in [9.17, 15) is 8.42 Å². The molecule has 0 aliphatic rings. The van der Waals surface area contributed by atoms with E-state index in [1.807, 2.05) is 19.1 Å². The van der Waals surface area contributed by atoms with Crippen molar-refractivity contribution < 1.29 is 8.42 Å². The molecule has 2 aromatic rings. The summed E-state index contributed by atoms with van der Waals surface area (Å²) in [5.41, 5.74) is 0. The summed E-state index contributed by atoms with van der Waals surface area (Å²) in [5.74, 6) is 0. The molecule has 2 aromatic heterocycles. The van der Waals surface area contributed by atoms with Crippen molar-refractivity contribution in [2.24, 2.45) is 0 Å². The first kappa shape index (κ1) is 16.9. The number of rotatable bonds is 8. The Labute approximate surface area is 138 Å². The fourth-order valence-electron chi connectivity index (χ4n) is 1.71. The zero-order chi connectivity index (χ0) is 15.3. The number of likely N-dealkylation sites (N-methyl/N-ethyl adjacent to an activating group) is 1. The molecule has 2 heterocycles. The molecule has 21 heavy (non-hydrogen) atoms. The summed E-state index contributed by atoms with van der Waals surface area (Å²) in [6.07, 6.45) is 0.842. The molecular formula is C13H17ClN2O2S3. The predicted octanol–water partition coefficient (Wildman–Crippen LogP) is 3.09. The third-order valence-electron chi connectivity index (χ3n) is 2.77. The second kappa shape index (κ2) is 7.71. The Balaban J connectivity index is 1.95. The summed E-state index contributed by atoms with van der Waals surface area (Å²) in [7, 11) is -3.45. The van der Waals surface area contributed by atoms with Crippen molar-refractivity contribution >= 4 is 44.3 Å². The summed E-state index contributed by atoms with van der Waals surface area (Å²) < 4.78 is 28.0. The molecule has 2 rings (SSSR count). The Kier molecular flexibility index (Phi) is 6.21. The van der Waals surface area contributed by atoms with Crippen molar-refractivity contribution in [3.63, 3.8) is 0 Å². The van der Waals surface area contributed by atoms with Gasteiger partial charge in [0.2, 0.25) is 10.0 Å². The fraction of sp³-hybridized carbons (Fsp3) is 0.385. The number of hydrogen-bond acceptors (Lipinski definition) is 5. The van der Waals surface area contributed by atoms with Crippen molar-refractivity contribution in [3.05, 3.63) is 38.4 Å². The van der Waals surface area contributed by atoms with E-state index in [1.165, 1.54) is 22.7 Å². The molecule has 0 unspecified atom stereocenters. The molecule has 0 aromatic carbocycles. The van der Waals surface area contributed by atoms with Crippen molar-refractivity contribution in [1.82, 2.24) is 10.0 Å². The smallest absolute Gasteiger partial charge is 0.250 e. The van der Waals surface area contributed by atoms with Crippen LogP contribution < -0.4 is 10.0 Å². The first-order valence-electron chi connectivity index (χ1n) is 6.54. The van der Waals surface area contributed by atoms with E-state index in [-0.39, 0.29) is 6.54 Å². The maximum atomic E-state index is 12.2. The second-order valence-corrected chi connectivity index (χ2v) is 9.32. The molecule has 0 aliphatic carbocycles. The molecule has 0 amide bonds. The van der Waals surface area contributed by atoms with E-state index in [0.717, 1.165) is 29.3 Å². The van der Waals surface area contributed by atoms with Crippen LogP contribution in [-0.4, -0.2) is 21.5 Å². The Morgan fingerprint density at radius 2 is 1.90 bits per heavy atom. The molecule has 0 spiro atoms. The molecular weight excluding hydrogens is 348 g/mol. The van der Waals surface area contributed by atoms with Crippen LogP contribution >= 0.6 is 34.3 Å². The molecule has 0 fully saturated rings. The lowest BCUT2D eigenvalue weighted by atomic mass is 10.3. The summed E-state index contributed by atoms with van der Waals surface area (Å²) in [6.45, 7) is 4.09. The quantitative estimate of drug-likeness (QED) is 0.707. The lowest BCUT2D eigenvalue weighted by Gasteiger charge is -2.03. The lowest BCUT2D eigenvalue weighted by Crippen LogP contribution is -2.21. The third kappa shape index (κ3) is 5.05. The van der Waals surface area contributed by atoms with Gasteiger partial charge in [-0.2, -0.15) is 0 Å². The maximum absolute atomic E-state index is 12.2. The molecule has 0 aliphatic heterocycles. The minimum absolute atomic E-state index is 0.268. The van der Waals surface area contributed by atoms with Gasteiger partial charge in [-0.05, 0) is 43.8 Å². The van der Waals surface area contributed by atoms with Crippen LogP contribution in [0.5, 0.6) is 0 Å². The number of sulfonamides is 1. The summed E-state index contributed by atoms with van der Waals surface area (Å²) >= 11 is 8.52. The largest absolute Gasteiger partial charge is 0.317 e. The highest BCUT2D eigenvalue weighted by Crippen LogP contribution is 2.24. The lowest BCUT2D eigenvalue weighted by molar-refractivity contribution is 0.584. The van der Waals surface area contributed by atoms with Crippen molar-refractivity contribution in [2.45, 2.75) is 24.1 Å². The van der Waals surface area contributed by atoms with E-state index in [4.69, 9.17) is 11.6 Å². The predicted molar refractivity (Wildman–Crippen MR) is 89.9 cm³/mol.